The van der Waals surface area contributed by atoms with Gasteiger partial charge in [-0.1, -0.05) is 6.07 Å². The van der Waals surface area contributed by atoms with Gasteiger partial charge >= 0.3 is 0 Å². The molecule has 0 aliphatic carbocycles. The molecule has 0 spiro atoms. The number of carbonyl (C=O) groups is 1. The number of nitrogens with zero attached hydrogens (tertiary/aromatic N) is 1. The molecular formula is C12H18N2OS. The van der Waals surface area contributed by atoms with Crippen molar-refractivity contribution in [1.29, 1.82) is 0 Å². The third kappa shape index (κ3) is 3.06. The molecule has 1 saturated heterocycles. The summed E-state index contributed by atoms with van der Waals surface area (Å²) in [4.78, 5) is 14.5. The predicted octanol–water partition coefficient (Wildman–Crippen LogP) is 1.50. The summed E-state index contributed by atoms with van der Waals surface area (Å²) in [5.74, 6) is 0.274. The second-order valence-corrected chi connectivity index (χ2v) is 5.33. The van der Waals surface area contributed by atoms with E-state index in [4.69, 9.17) is 0 Å². The number of nitrogens with one attached hydrogen (secondary N) is 1. The van der Waals surface area contributed by atoms with Crippen molar-refractivity contribution in [2.75, 3.05) is 20.1 Å². The average Bonchev–Trinajstić information content (AvgIpc) is 2.76. The van der Waals surface area contributed by atoms with Gasteiger partial charge in [-0.05, 0) is 24.3 Å². The van der Waals surface area contributed by atoms with Crippen LogP contribution in [0.5, 0.6) is 0 Å². The quantitative estimate of drug-likeness (QED) is 0.862. The van der Waals surface area contributed by atoms with Crippen molar-refractivity contribution >= 4 is 17.2 Å². The largest absolute Gasteiger partial charge is 0.344 e. The lowest BCUT2D eigenvalue weighted by Gasteiger charge is -2.30. The molecule has 1 aliphatic heterocycles. The number of carbonyl (C=O) groups excluding carboxylic acids is 1. The van der Waals surface area contributed by atoms with Crippen LogP contribution in [0.2, 0.25) is 0 Å². The smallest absolute Gasteiger partial charge is 0.222 e. The Morgan fingerprint density at radius 3 is 3.19 bits per heavy atom. The van der Waals surface area contributed by atoms with Crippen molar-refractivity contribution in [2.45, 2.75) is 25.3 Å². The van der Waals surface area contributed by atoms with E-state index in [1.54, 1.807) is 11.3 Å². The lowest BCUT2D eigenvalue weighted by molar-refractivity contribution is -0.132. The van der Waals surface area contributed by atoms with Crippen molar-refractivity contribution in [3.05, 3.63) is 22.4 Å². The van der Waals surface area contributed by atoms with E-state index in [1.807, 2.05) is 11.9 Å². The maximum absolute atomic E-state index is 11.3. The summed E-state index contributed by atoms with van der Waals surface area (Å²) in [6.07, 6.45) is 2.76. The van der Waals surface area contributed by atoms with Crippen LogP contribution in [0.15, 0.2) is 17.5 Å². The Labute approximate surface area is 100 Å². The molecule has 16 heavy (non-hydrogen) atoms. The molecule has 4 heteroatoms. The maximum Gasteiger partial charge on any atom is 0.222 e. The topological polar surface area (TPSA) is 32.3 Å². The molecule has 0 radical (unpaired) electrons. The van der Waals surface area contributed by atoms with Crippen molar-refractivity contribution < 1.29 is 4.79 Å². The highest BCUT2D eigenvalue weighted by Gasteiger charge is 2.21. The van der Waals surface area contributed by atoms with E-state index < -0.39 is 0 Å². The highest BCUT2D eigenvalue weighted by molar-refractivity contribution is 7.09. The van der Waals surface area contributed by atoms with Crippen LogP contribution in [0, 0.1) is 0 Å². The molecule has 1 fully saturated rings. The minimum Gasteiger partial charge on any atom is -0.344 e. The van der Waals surface area contributed by atoms with E-state index >= 15 is 0 Å². The van der Waals surface area contributed by atoms with Crippen molar-refractivity contribution in [3.63, 3.8) is 0 Å². The van der Waals surface area contributed by atoms with E-state index in [1.165, 1.54) is 4.88 Å². The molecule has 0 bridgehead atoms. The zero-order valence-electron chi connectivity index (χ0n) is 9.61. The molecule has 1 aromatic rings. The summed E-state index contributed by atoms with van der Waals surface area (Å²) in [5, 5.41) is 5.64. The molecule has 1 amide bonds. The molecule has 88 valence electrons. The monoisotopic (exact) mass is 238 g/mol. The third-order valence-electron chi connectivity index (χ3n) is 3.01. The Bertz CT molecular complexity index is 337. The average molecular weight is 238 g/mol. The first-order chi connectivity index (χ1) is 7.75. The van der Waals surface area contributed by atoms with Gasteiger partial charge in [0.15, 0.2) is 0 Å². The summed E-state index contributed by atoms with van der Waals surface area (Å²) in [6, 6.07) is 4.73. The van der Waals surface area contributed by atoms with E-state index in [2.05, 4.69) is 22.8 Å². The minimum absolute atomic E-state index is 0.274. The van der Waals surface area contributed by atoms with E-state index in [-0.39, 0.29) is 5.91 Å². The summed E-state index contributed by atoms with van der Waals surface area (Å²) >= 11 is 1.81. The van der Waals surface area contributed by atoms with Gasteiger partial charge in [-0.25, -0.2) is 0 Å². The number of amides is 1. The molecule has 1 atom stereocenters. The Morgan fingerprint density at radius 2 is 2.50 bits per heavy atom. The second kappa shape index (κ2) is 5.46. The van der Waals surface area contributed by atoms with Gasteiger partial charge in [0, 0.05) is 37.5 Å². The van der Waals surface area contributed by atoms with Gasteiger partial charge in [0.05, 0.1) is 0 Å². The first-order valence-corrected chi connectivity index (χ1v) is 6.63. The standard InChI is InChI=1S/C12H18N2OS/c1-14-9-10(4-5-12(14)15)13-7-6-11-3-2-8-16-11/h2-3,8,10,13H,4-7,9H2,1H3. The fourth-order valence-electron chi connectivity index (χ4n) is 2.03. The van der Waals surface area contributed by atoms with Gasteiger partial charge in [0.25, 0.3) is 0 Å². The van der Waals surface area contributed by atoms with Crippen LogP contribution in [0.1, 0.15) is 17.7 Å². The third-order valence-corrected chi connectivity index (χ3v) is 3.95. The Kier molecular flexibility index (Phi) is 3.96. The molecular weight excluding hydrogens is 220 g/mol. The Morgan fingerprint density at radius 1 is 1.62 bits per heavy atom. The molecule has 0 aromatic carbocycles. The number of likely N-dealkylation sites (N-methyl/N-ethyl adjacent to an activating group) is 1. The molecule has 2 heterocycles. The predicted molar refractivity (Wildman–Crippen MR) is 66.7 cm³/mol. The van der Waals surface area contributed by atoms with Crippen molar-refractivity contribution in [2.24, 2.45) is 0 Å². The van der Waals surface area contributed by atoms with Crippen LogP contribution in [-0.4, -0.2) is 37.0 Å². The number of likely N-dealkylation sites (tertiary alicyclic amines) is 1. The highest BCUT2D eigenvalue weighted by atomic mass is 32.1. The van der Waals surface area contributed by atoms with Crippen LogP contribution in [0.4, 0.5) is 0 Å². The van der Waals surface area contributed by atoms with Gasteiger partial charge in [-0.15, -0.1) is 11.3 Å². The Hall–Kier alpha value is -0.870. The van der Waals surface area contributed by atoms with Gasteiger partial charge in [-0.2, -0.15) is 0 Å². The number of rotatable bonds is 4. The lowest BCUT2D eigenvalue weighted by atomic mass is 10.1. The number of hydrogen-bond acceptors (Lipinski definition) is 3. The number of thiophene rings is 1. The van der Waals surface area contributed by atoms with Gasteiger partial charge in [-0.3, -0.25) is 4.79 Å². The Balaban J connectivity index is 1.69. The first-order valence-electron chi connectivity index (χ1n) is 5.75. The summed E-state index contributed by atoms with van der Waals surface area (Å²) in [5.41, 5.74) is 0. The molecule has 1 aliphatic rings. The SMILES string of the molecule is CN1CC(NCCc2cccs2)CCC1=O. The zero-order valence-corrected chi connectivity index (χ0v) is 10.4. The van der Waals surface area contributed by atoms with Crippen LogP contribution in [0.25, 0.3) is 0 Å². The van der Waals surface area contributed by atoms with Gasteiger partial charge in [0.2, 0.25) is 5.91 Å². The van der Waals surface area contributed by atoms with Gasteiger partial charge < -0.3 is 10.2 Å². The van der Waals surface area contributed by atoms with Crippen molar-refractivity contribution in [3.8, 4) is 0 Å². The molecule has 1 aromatic heterocycles. The molecule has 1 unspecified atom stereocenters. The summed E-state index contributed by atoms with van der Waals surface area (Å²) < 4.78 is 0. The summed E-state index contributed by atoms with van der Waals surface area (Å²) in [7, 11) is 1.88. The number of hydrogen-bond donors (Lipinski definition) is 1. The van der Waals surface area contributed by atoms with Crippen molar-refractivity contribution in [1.82, 2.24) is 10.2 Å². The molecule has 0 saturated carbocycles. The number of piperidine rings is 1. The normalized spacial score (nSPS) is 21.4. The molecule has 1 N–H and O–H groups in total. The lowest BCUT2D eigenvalue weighted by Crippen LogP contribution is -2.47. The van der Waals surface area contributed by atoms with E-state index in [0.29, 0.717) is 12.5 Å². The molecule has 2 rings (SSSR count). The second-order valence-electron chi connectivity index (χ2n) is 4.29. The van der Waals surface area contributed by atoms with E-state index in [0.717, 1.165) is 25.9 Å². The van der Waals surface area contributed by atoms with Crippen LogP contribution in [-0.2, 0) is 11.2 Å². The minimum atomic E-state index is 0.274. The van der Waals surface area contributed by atoms with E-state index in [9.17, 15) is 4.79 Å². The summed E-state index contributed by atoms with van der Waals surface area (Å²) in [6.45, 7) is 1.86. The van der Waals surface area contributed by atoms with Crippen LogP contribution < -0.4 is 5.32 Å². The zero-order chi connectivity index (χ0) is 11.4. The fourth-order valence-corrected chi connectivity index (χ4v) is 2.74. The maximum atomic E-state index is 11.3. The first kappa shape index (κ1) is 11.6. The van der Waals surface area contributed by atoms with Crippen LogP contribution in [0.3, 0.4) is 0 Å². The van der Waals surface area contributed by atoms with Gasteiger partial charge in [0.1, 0.15) is 0 Å². The molecule has 3 nitrogen and oxygen atoms in total. The van der Waals surface area contributed by atoms with Crippen LogP contribution >= 0.6 is 11.3 Å². The fraction of sp³-hybridized carbons (Fsp3) is 0.583. The highest BCUT2D eigenvalue weighted by Crippen LogP contribution is 2.11.